The maximum absolute atomic E-state index is 14.1. The Kier molecular flexibility index (Phi) is 16.9. The first kappa shape index (κ1) is 45.5. The Morgan fingerprint density at radius 1 is 0.617 bits per heavy atom. The number of rotatable bonds is 7. The van der Waals surface area contributed by atoms with Crippen molar-refractivity contribution in [3.8, 4) is 22.6 Å². The van der Waals surface area contributed by atoms with Crippen molar-refractivity contribution in [2.24, 2.45) is 20.8 Å². The van der Waals surface area contributed by atoms with Crippen LogP contribution in [0.1, 0.15) is 52.7 Å². The summed E-state index contributed by atoms with van der Waals surface area (Å²) in [5.74, 6) is -3.72. The van der Waals surface area contributed by atoms with Gasteiger partial charge in [0.25, 0.3) is 0 Å². The molecule has 0 amide bonds. The van der Waals surface area contributed by atoms with Gasteiger partial charge in [0.15, 0.2) is 0 Å². The summed E-state index contributed by atoms with van der Waals surface area (Å²) in [5.41, 5.74) is -1.02. The van der Waals surface area contributed by atoms with Gasteiger partial charge < -0.3 is 46.4 Å². The molecule has 0 aliphatic rings. The predicted molar refractivity (Wildman–Crippen MR) is 160 cm³/mol. The standard InChI is InChI=1S/C34H36N2O6.3O.2V/c1-33(2,3)29(31(39)40)35-17-21-15-19-11-7-9-13-23(19)25(27(21)37)26-24-14-10-8-12-20(24)16-22(28(26)38)18-36-30(32(41)42)34(4,5)6;;;;;/h7-18,29-30,37-38H,1-6H3,(H,39,40)(H,41,42);;;;;/q;3*-2;;/p-4/t29-,30-;;;;;/m0...../s1. The van der Waals surface area contributed by atoms with E-state index in [1.165, 1.54) is 12.4 Å². The maximum atomic E-state index is 14.1. The summed E-state index contributed by atoms with van der Waals surface area (Å²) < 4.78 is 0. The zero-order valence-corrected chi connectivity index (χ0v) is 29.3. The number of carboxylic acid groups (broad SMARTS) is 2. The second kappa shape index (κ2) is 17.5. The topological polar surface area (TPSA) is 237 Å². The number of hydrogen-bond donors (Lipinski definition) is 0. The predicted octanol–water partition coefficient (Wildman–Crippen LogP) is 2.61. The first-order chi connectivity index (χ1) is 19.6. The molecule has 0 N–H and O–H groups in total. The summed E-state index contributed by atoms with van der Waals surface area (Å²) in [6.07, 6.45) is 2.46. The molecule has 2 radical (unpaired) electrons. The molecule has 4 aromatic rings. The number of hydrogen-bond acceptors (Lipinski definition) is 8. The van der Waals surface area contributed by atoms with E-state index in [0.29, 0.717) is 21.5 Å². The SMILES string of the molecule is CC(C)(C)[C@@H](N=Cc1cc2ccccc2c(-c2c([O-])c(C=N[C@@H](C(=O)[O-])C(C)(C)C)cc3ccccc23)c1[O-])C(=O)[O-].[O-2].[O-2].[O-2].[V].[V]. The molecule has 0 aromatic heterocycles. The van der Waals surface area contributed by atoms with Crippen molar-refractivity contribution < 1.29 is 83.6 Å². The Morgan fingerprint density at radius 3 is 1.19 bits per heavy atom. The van der Waals surface area contributed by atoms with Gasteiger partial charge in [-0.05, 0) is 66.8 Å². The van der Waals surface area contributed by atoms with Crippen LogP contribution < -0.4 is 20.4 Å². The number of carbonyl (C=O) groups excluding carboxylic acids is 2. The molecule has 252 valence electrons. The van der Waals surface area contributed by atoms with E-state index in [1.54, 1.807) is 102 Å². The van der Waals surface area contributed by atoms with E-state index in [1.807, 2.05) is 0 Å². The van der Waals surface area contributed by atoms with E-state index in [0.717, 1.165) is 0 Å². The van der Waals surface area contributed by atoms with Gasteiger partial charge in [-0.15, -0.1) is 0 Å². The number of benzene rings is 4. The minimum atomic E-state index is -1.36. The van der Waals surface area contributed by atoms with Gasteiger partial charge in [-0.1, -0.05) is 102 Å². The third-order valence-electron chi connectivity index (χ3n) is 7.12. The molecule has 0 fully saturated rings. The summed E-state index contributed by atoms with van der Waals surface area (Å²) in [6.45, 7) is 10.3. The van der Waals surface area contributed by atoms with E-state index < -0.39 is 46.4 Å². The monoisotopic (exact) mass is 714 g/mol. The van der Waals surface area contributed by atoms with Crippen molar-refractivity contribution in [3.05, 3.63) is 71.8 Å². The molecule has 47 heavy (non-hydrogen) atoms. The molecule has 0 aliphatic carbocycles. The number of carboxylic acids is 2. The molecule has 0 unspecified atom stereocenters. The van der Waals surface area contributed by atoms with Gasteiger partial charge in [0.1, 0.15) is 0 Å². The molecule has 0 bridgehead atoms. The maximum Gasteiger partial charge on any atom is 0.0941 e. The van der Waals surface area contributed by atoms with E-state index >= 15 is 0 Å². The van der Waals surface area contributed by atoms with Gasteiger partial charge in [-0.3, -0.25) is 9.98 Å². The minimum Gasteiger partial charge on any atom is -2.00 e. The van der Waals surface area contributed by atoms with Gasteiger partial charge >= 0.3 is 0 Å². The smallest absolute Gasteiger partial charge is 0.0941 e. The Bertz CT molecular complexity index is 1630. The van der Waals surface area contributed by atoms with Crippen molar-refractivity contribution in [2.75, 3.05) is 0 Å². The van der Waals surface area contributed by atoms with Crippen molar-refractivity contribution in [3.63, 3.8) is 0 Å². The van der Waals surface area contributed by atoms with Crippen LogP contribution in [-0.2, 0) is 63.1 Å². The normalized spacial score (nSPS) is 12.6. The molecular formula is C34H32N2O9V2-10. The van der Waals surface area contributed by atoms with E-state index in [-0.39, 0.29) is 75.8 Å². The largest absolute Gasteiger partial charge is 2.00 e. The first-order valence-electron chi connectivity index (χ1n) is 13.5. The van der Waals surface area contributed by atoms with Gasteiger partial charge in [-0.2, -0.15) is 0 Å². The number of fused-ring (bicyclic) bond motifs is 2. The molecule has 4 aromatic carbocycles. The van der Waals surface area contributed by atoms with Crippen LogP contribution >= 0.6 is 0 Å². The van der Waals surface area contributed by atoms with Gasteiger partial charge in [0.2, 0.25) is 0 Å². The molecule has 0 heterocycles. The summed E-state index contributed by atoms with van der Waals surface area (Å²) >= 11 is 0. The van der Waals surface area contributed by atoms with Crippen molar-refractivity contribution in [1.82, 2.24) is 0 Å². The van der Waals surface area contributed by atoms with Crippen LogP contribution in [0.5, 0.6) is 11.5 Å². The number of aliphatic imine (C=N–C) groups is 2. The third kappa shape index (κ3) is 9.68. The second-order valence-electron chi connectivity index (χ2n) is 12.5. The van der Waals surface area contributed by atoms with E-state index in [4.69, 9.17) is 0 Å². The summed E-state index contributed by atoms with van der Waals surface area (Å²) in [4.78, 5) is 32.0. The quantitative estimate of drug-likeness (QED) is 0.261. The minimum absolute atomic E-state index is 0. The Labute approximate surface area is 297 Å². The van der Waals surface area contributed by atoms with Gasteiger partial charge in [-0.25, -0.2) is 0 Å². The van der Waals surface area contributed by atoms with Crippen molar-refractivity contribution in [1.29, 1.82) is 0 Å². The van der Waals surface area contributed by atoms with Crippen LogP contribution in [0.4, 0.5) is 0 Å². The summed E-state index contributed by atoms with van der Waals surface area (Å²) in [6, 6.07) is 15.0. The Balaban J connectivity index is 0. The van der Waals surface area contributed by atoms with Crippen LogP contribution in [0, 0.1) is 10.8 Å². The zero-order chi connectivity index (χ0) is 31.0. The fourth-order valence-electron chi connectivity index (χ4n) is 4.97. The van der Waals surface area contributed by atoms with Crippen LogP contribution in [0.3, 0.4) is 0 Å². The van der Waals surface area contributed by atoms with Crippen molar-refractivity contribution >= 4 is 45.9 Å². The fraction of sp³-hybridized carbons (Fsp3) is 0.294. The molecule has 2 atom stereocenters. The summed E-state index contributed by atoms with van der Waals surface area (Å²) in [7, 11) is 0. The van der Waals surface area contributed by atoms with Crippen molar-refractivity contribution in [2.45, 2.75) is 53.6 Å². The molecular weight excluding hydrogens is 682 g/mol. The zero-order valence-electron chi connectivity index (χ0n) is 26.5. The number of nitrogens with zero attached hydrogens (tertiary/aromatic N) is 2. The average molecular weight is 715 g/mol. The second-order valence-corrected chi connectivity index (χ2v) is 12.5. The summed E-state index contributed by atoms with van der Waals surface area (Å²) in [5, 5.41) is 54.2. The third-order valence-corrected chi connectivity index (χ3v) is 7.12. The van der Waals surface area contributed by atoms with Crippen LogP contribution in [-0.4, -0.2) is 36.5 Å². The van der Waals surface area contributed by atoms with E-state index in [2.05, 4.69) is 9.98 Å². The molecule has 0 saturated carbocycles. The van der Waals surface area contributed by atoms with E-state index in [9.17, 15) is 30.0 Å². The molecule has 0 spiro atoms. The van der Waals surface area contributed by atoms with Crippen LogP contribution in [0.25, 0.3) is 32.7 Å². The van der Waals surface area contributed by atoms with Crippen LogP contribution in [0.15, 0.2) is 70.6 Å². The van der Waals surface area contributed by atoms with Crippen LogP contribution in [0.2, 0.25) is 0 Å². The molecule has 4 rings (SSSR count). The molecule has 0 saturated heterocycles. The Morgan fingerprint density at radius 2 is 0.915 bits per heavy atom. The number of aliphatic carboxylic acids is 2. The van der Waals surface area contributed by atoms with Gasteiger partial charge in [0, 0.05) is 49.5 Å². The van der Waals surface area contributed by atoms with Gasteiger partial charge in [0.05, 0.1) is 24.0 Å². The Hall–Kier alpha value is -3.67. The average Bonchev–Trinajstić information content (AvgIpc) is 2.88. The molecule has 13 heteroatoms. The molecule has 0 aliphatic heterocycles. The fourth-order valence-corrected chi connectivity index (χ4v) is 4.97. The molecule has 11 nitrogen and oxygen atoms in total. The first-order valence-corrected chi connectivity index (χ1v) is 13.5. The number of carbonyl (C=O) groups is 2.